The molecule has 4 aromatic rings. The molecule has 4 rings (SSSR count). The summed E-state index contributed by atoms with van der Waals surface area (Å²) in [5.41, 5.74) is 1.82. The molecule has 298 valence electrons. The maximum absolute atomic E-state index is 14.2. The van der Waals surface area contributed by atoms with Crippen LogP contribution in [0.2, 0.25) is 0 Å². The molecular weight excluding hydrogens is 736 g/mol. The zero-order valence-corrected chi connectivity index (χ0v) is 33.3. The third kappa shape index (κ3) is 12.2. The lowest BCUT2D eigenvalue weighted by molar-refractivity contribution is -0.130. The van der Waals surface area contributed by atoms with Gasteiger partial charge in [-0.15, -0.1) is 0 Å². The molecular formula is C42H51FN6O6S. The summed E-state index contributed by atoms with van der Waals surface area (Å²) in [4.78, 5) is 53.8. The fourth-order valence-corrected chi connectivity index (χ4v) is 7.05. The van der Waals surface area contributed by atoms with Crippen molar-refractivity contribution >= 4 is 45.0 Å². The van der Waals surface area contributed by atoms with Crippen LogP contribution in [0.1, 0.15) is 72.5 Å². The van der Waals surface area contributed by atoms with Gasteiger partial charge >= 0.3 is 0 Å². The van der Waals surface area contributed by atoms with Crippen LogP contribution in [0.3, 0.4) is 0 Å². The molecule has 5 N–H and O–H groups in total. The number of rotatable bonds is 18. The van der Waals surface area contributed by atoms with Gasteiger partial charge in [0.25, 0.3) is 11.8 Å². The van der Waals surface area contributed by atoms with Gasteiger partial charge in [0, 0.05) is 30.3 Å². The molecule has 0 aromatic heterocycles. The first-order chi connectivity index (χ1) is 26.6. The van der Waals surface area contributed by atoms with Gasteiger partial charge < -0.3 is 26.6 Å². The number of nitrogens with one attached hydrogen (secondary N) is 5. The lowest BCUT2D eigenvalue weighted by atomic mass is 10.0. The van der Waals surface area contributed by atoms with Crippen LogP contribution in [-0.4, -0.2) is 69.5 Å². The highest BCUT2D eigenvalue weighted by atomic mass is 32.2. The second-order valence-electron chi connectivity index (χ2n) is 14.0. The van der Waals surface area contributed by atoms with E-state index < -0.39 is 57.7 Å². The third-order valence-electron chi connectivity index (χ3n) is 9.04. The quantitative estimate of drug-likeness (QED) is 0.0946. The van der Waals surface area contributed by atoms with E-state index in [9.17, 15) is 32.0 Å². The molecule has 0 heterocycles. The van der Waals surface area contributed by atoms with Crippen molar-refractivity contribution in [3.63, 3.8) is 0 Å². The molecule has 0 unspecified atom stereocenters. The van der Waals surface area contributed by atoms with E-state index >= 15 is 0 Å². The highest BCUT2D eigenvalue weighted by Gasteiger charge is 2.28. The van der Waals surface area contributed by atoms with Gasteiger partial charge in [-0.3, -0.25) is 19.2 Å². The SMILES string of the molecule is CCNC(=O)[C@@H](NC(=O)[C@H](C)NC[C@H](Cc1ccccc1)NC(=O)c1cc(C(=O)N[C@H](C)c2ccccc2)cc(N(c2ccc(F)cc2)S(C)(=O)=O)c1)C(C)C. The van der Waals surface area contributed by atoms with Gasteiger partial charge in [0.2, 0.25) is 21.8 Å². The van der Waals surface area contributed by atoms with Gasteiger partial charge in [-0.1, -0.05) is 74.5 Å². The number of carbonyl (C=O) groups excluding carboxylic acids is 4. The summed E-state index contributed by atoms with van der Waals surface area (Å²) in [6, 6.07) is 25.1. The van der Waals surface area contributed by atoms with Crippen molar-refractivity contribution in [1.29, 1.82) is 0 Å². The standard InChI is InChI=1S/C42H51FN6O6S/c1-7-44-42(53)38(27(2)3)48-39(50)29(5)45-26-35(22-30-14-10-8-11-15-30)47-41(52)33-23-32(40(51)46-28(4)31-16-12-9-13-17-31)24-37(25-33)49(56(6,54)55)36-20-18-34(43)19-21-36/h8-21,23-25,27-29,35,38,45H,7,22,26H2,1-6H3,(H,44,53)(H,46,51)(H,47,52)(H,48,50)/t28-,29+,35+,38+/m1/s1. The summed E-state index contributed by atoms with van der Waals surface area (Å²) < 4.78 is 41.4. The average molecular weight is 787 g/mol. The molecule has 0 aliphatic rings. The van der Waals surface area contributed by atoms with Crippen molar-refractivity contribution < 1.29 is 32.0 Å². The fourth-order valence-electron chi connectivity index (χ4n) is 6.05. The molecule has 0 aliphatic carbocycles. The molecule has 0 saturated heterocycles. The van der Waals surface area contributed by atoms with E-state index in [1.54, 1.807) is 20.8 Å². The predicted octanol–water partition coefficient (Wildman–Crippen LogP) is 5.01. The van der Waals surface area contributed by atoms with Crippen LogP contribution in [0.25, 0.3) is 0 Å². The minimum absolute atomic E-state index is 0.0126. The minimum atomic E-state index is -4.07. The number of halogens is 1. The van der Waals surface area contributed by atoms with Crippen molar-refractivity contribution in [3.8, 4) is 0 Å². The fraction of sp³-hybridized carbons (Fsp3) is 0.333. The first-order valence-corrected chi connectivity index (χ1v) is 20.3. The second kappa shape index (κ2) is 19.8. The summed E-state index contributed by atoms with van der Waals surface area (Å²) in [7, 11) is -4.07. The Hall–Kier alpha value is -5.60. The van der Waals surface area contributed by atoms with Gasteiger partial charge in [-0.2, -0.15) is 0 Å². The molecule has 12 nitrogen and oxygen atoms in total. The van der Waals surface area contributed by atoms with E-state index in [4.69, 9.17) is 0 Å². The van der Waals surface area contributed by atoms with Crippen LogP contribution in [0, 0.1) is 11.7 Å². The number of nitrogens with zero attached hydrogens (tertiary/aromatic N) is 1. The maximum atomic E-state index is 14.2. The van der Waals surface area contributed by atoms with Crippen molar-refractivity contribution in [2.24, 2.45) is 5.92 Å². The Morgan fingerprint density at radius 2 is 1.29 bits per heavy atom. The van der Waals surface area contributed by atoms with Gasteiger partial charge in [-0.05, 0) is 86.7 Å². The second-order valence-corrected chi connectivity index (χ2v) is 15.8. The smallest absolute Gasteiger partial charge is 0.251 e. The Kier molecular flexibility index (Phi) is 15.3. The number of likely N-dealkylation sites (N-methyl/N-ethyl adjacent to an activating group) is 1. The first-order valence-electron chi connectivity index (χ1n) is 18.5. The average Bonchev–Trinajstić information content (AvgIpc) is 3.16. The molecule has 4 aromatic carbocycles. The largest absolute Gasteiger partial charge is 0.355 e. The Balaban J connectivity index is 1.67. The van der Waals surface area contributed by atoms with Crippen molar-refractivity contribution in [3.05, 3.63) is 131 Å². The Morgan fingerprint density at radius 1 is 0.714 bits per heavy atom. The summed E-state index contributed by atoms with van der Waals surface area (Å²) in [5.74, 6) is -2.57. The van der Waals surface area contributed by atoms with Crippen LogP contribution in [0.4, 0.5) is 15.8 Å². The van der Waals surface area contributed by atoms with E-state index in [1.807, 2.05) is 74.5 Å². The van der Waals surface area contributed by atoms with Crippen LogP contribution < -0.4 is 30.9 Å². The topological polar surface area (TPSA) is 166 Å². The molecule has 0 radical (unpaired) electrons. The zero-order valence-electron chi connectivity index (χ0n) is 32.5. The summed E-state index contributed by atoms with van der Waals surface area (Å²) in [6.45, 7) is 9.50. The number of sulfonamides is 1. The molecule has 4 atom stereocenters. The van der Waals surface area contributed by atoms with Crippen LogP contribution in [-0.2, 0) is 26.0 Å². The molecule has 0 fully saturated rings. The van der Waals surface area contributed by atoms with Crippen LogP contribution in [0.15, 0.2) is 103 Å². The Bertz CT molecular complexity index is 2070. The molecule has 0 bridgehead atoms. The lowest BCUT2D eigenvalue weighted by Gasteiger charge is -2.26. The van der Waals surface area contributed by atoms with E-state index in [0.29, 0.717) is 13.0 Å². The van der Waals surface area contributed by atoms with Gasteiger partial charge in [0.05, 0.1) is 29.7 Å². The summed E-state index contributed by atoms with van der Waals surface area (Å²) in [5, 5.41) is 14.7. The van der Waals surface area contributed by atoms with Crippen LogP contribution in [0.5, 0.6) is 0 Å². The van der Waals surface area contributed by atoms with Gasteiger partial charge in [-0.25, -0.2) is 17.1 Å². The van der Waals surface area contributed by atoms with E-state index in [0.717, 1.165) is 33.8 Å². The monoisotopic (exact) mass is 786 g/mol. The highest BCUT2D eigenvalue weighted by Crippen LogP contribution is 2.31. The Labute approximate surface area is 328 Å². The van der Waals surface area contributed by atoms with Crippen molar-refractivity contribution in [1.82, 2.24) is 26.6 Å². The first kappa shape index (κ1) is 43.1. The molecule has 0 aliphatic heterocycles. The molecule has 4 amide bonds. The number of amides is 4. The van der Waals surface area contributed by atoms with Gasteiger partial charge in [0.15, 0.2) is 0 Å². The number of benzene rings is 4. The molecule has 0 spiro atoms. The molecule has 0 saturated carbocycles. The third-order valence-corrected chi connectivity index (χ3v) is 10.1. The zero-order chi connectivity index (χ0) is 41.0. The number of hydrogen-bond acceptors (Lipinski definition) is 7. The van der Waals surface area contributed by atoms with E-state index in [-0.39, 0.29) is 40.9 Å². The molecule has 56 heavy (non-hydrogen) atoms. The van der Waals surface area contributed by atoms with E-state index in [2.05, 4.69) is 26.6 Å². The normalized spacial score (nSPS) is 13.5. The lowest BCUT2D eigenvalue weighted by Crippen LogP contribution is -2.55. The van der Waals surface area contributed by atoms with Crippen molar-refractivity contribution in [2.45, 2.75) is 65.2 Å². The number of anilines is 2. The van der Waals surface area contributed by atoms with Crippen LogP contribution >= 0.6 is 0 Å². The summed E-state index contributed by atoms with van der Waals surface area (Å²) in [6.07, 6.45) is 1.33. The maximum Gasteiger partial charge on any atom is 0.251 e. The van der Waals surface area contributed by atoms with Crippen molar-refractivity contribution in [2.75, 3.05) is 23.7 Å². The number of carbonyl (C=O) groups is 4. The van der Waals surface area contributed by atoms with E-state index in [1.165, 1.54) is 30.3 Å². The minimum Gasteiger partial charge on any atom is -0.355 e. The molecule has 14 heteroatoms. The van der Waals surface area contributed by atoms with Gasteiger partial charge in [0.1, 0.15) is 11.9 Å². The number of hydrogen-bond donors (Lipinski definition) is 5. The predicted molar refractivity (Wildman–Crippen MR) is 216 cm³/mol. The summed E-state index contributed by atoms with van der Waals surface area (Å²) >= 11 is 0. The Morgan fingerprint density at radius 3 is 1.84 bits per heavy atom. The highest BCUT2D eigenvalue weighted by molar-refractivity contribution is 7.92.